The van der Waals surface area contributed by atoms with E-state index < -0.39 is 0 Å². The lowest BCUT2D eigenvalue weighted by Crippen LogP contribution is -2.40. The fourth-order valence-electron chi connectivity index (χ4n) is 18.1. The standard InChI is InChI=1S/C56H52N2O4.C50H48N2O4/c1-3-5-7-9-11-35-57-53(59)47-17-13-15-45-43(31-33-49(51(45)47)55(57)61)41-27-23-39(24-28-41)37-19-21-38(22-20-37)40-25-29-42(30-26-40)44-32-34-50-52-46(44)16-14-18-48(52)54(60)58(56(50)62)36-12-10-8-6-4-2;1-3-5-7-9-11-31-51-47(53)41-17-13-15-39-37(27-29-43(45(39)41)49(51)55)35-23-19-33(20-24-35)34-21-25-36(26-22-34)38-28-30-44-46-40(38)16-14-18-42(46)48(54)52(50(44)56)32-12-10-8-6-4-2/h13-34H,3-12,35-36H2,1-2H3;13-30H,3-12,31-32H2,1-2H3. The highest BCUT2D eigenvalue weighted by Crippen LogP contribution is 2.44. The van der Waals surface area contributed by atoms with Crippen LogP contribution in [0.4, 0.5) is 0 Å². The molecule has 13 aromatic carbocycles. The zero-order chi connectivity index (χ0) is 81.5. The van der Waals surface area contributed by atoms with Crippen LogP contribution in [-0.4, -0.2) is 93.0 Å². The molecule has 4 heterocycles. The van der Waals surface area contributed by atoms with E-state index in [1.807, 2.05) is 121 Å². The SMILES string of the molecule is CCCCCCCN1C(=O)c2cccc3c(-c4ccc(-c5ccc(-c6ccc(-c7ccc8c9c(cccc79)C(=O)N(CCCCCCC)C8=O)cc6)cc5)cc4)ccc(c23)C1=O.CCCCCCCN1C(=O)c2cccc3c(-c4ccc(-c5ccc(-c6ccc7c8c(cccc68)C(=O)N(CCCCCCC)C7=O)cc5)cc4)ccc(c23)C1=O. The van der Waals surface area contributed by atoms with Crippen LogP contribution in [0, 0.1) is 0 Å². The van der Waals surface area contributed by atoms with Gasteiger partial charge in [-0.2, -0.15) is 0 Å². The van der Waals surface area contributed by atoms with Gasteiger partial charge in [-0.3, -0.25) is 58.0 Å². The van der Waals surface area contributed by atoms with Gasteiger partial charge in [-0.15, -0.1) is 0 Å². The van der Waals surface area contributed by atoms with E-state index >= 15 is 0 Å². The largest absolute Gasteiger partial charge is 0.274 e. The molecule has 0 spiro atoms. The van der Waals surface area contributed by atoms with Crippen molar-refractivity contribution in [1.29, 1.82) is 0 Å². The molecule has 0 aromatic heterocycles. The Morgan fingerprint density at radius 1 is 0.161 bits per heavy atom. The summed E-state index contributed by atoms with van der Waals surface area (Å²) in [4.78, 5) is 114. The molecule has 0 atom stereocenters. The van der Waals surface area contributed by atoms with Crippen LogP contribution < -0.4 is 0 Å². The molecule has 4 aliphatic heterocycles. The van der Waals surface area contributed by atoms with E-state index in [1.54, 1.807) is 0 Å². The number of benzene rings is 13. The molecule has 0 bridgehead atoms. The van der Waals surface area contributed by atoms with Crippen molar-refractivity contribution in [3.05, 3.63) is 287 Å². The van der Waals surface area contributed by atoms with Crippen LogP contribution in [0.2, 0.25) is 0 Å². The van der Waals surface area contributed by atoms with Crippen LogP contribution in [0.15, 0.2) is 243 Å². The molecule has 13 aromatic rings. The van der Waals surface area contributed by atoms with Gasteiger partial charge in [-0.25, -0.2) is 0 Å². The van der Waals surface area contributed by atoms with Crippen molar-refractivity contribution in [1.82, 2.24) is 19.6 Å². The van der Waals surface area contributed by atoms with Gasteiger partial charge in [-0.05, 0) is 174 Å². The summed E-state index contributed by atoms with van der Waals surface area (Å²) in [7, 11) is 0. The Morgan fingerprint density at radius 2 is 0.314 bits per heavy atom. The number of hydrogen-bond acceptors (Lipinski definition) is 8. The Hall–Kier alpha value is -12.5. The maximum Gasteiger partial charge on any atom is 0.261 e. The predicted molar refractivity (Wildman–Crippen MR) is 477 cm³/mol. The van der Waals surface area contributed by atoms with Gasteiger partial charge in [0.15, 0.2) is 0 Å². The maximum absolute atomic E-state index is 13.6. The fourth-order valence-corrected chi connectivity index (χ4v) is 18.1. The van der Waals surface area contributed by atoms with Crippen molar-refractivity contribution in [2.24, 2.45) is 0 Å². The van der Waals surface area contributed by atoms with Crippen LogP contribution in [0.1, 0.15) is 239 Å². The number of imide groups is 4. The quantitative estimate of drug-likeness (QED) is 0.0308. The lowest BCUT2D eigenvalue weighted by atomic mass is 9.88. The van der Waals surface area contributed by atoms with E-state index in [2.05, 4.69) is 149 Å². The molecule has 0 saturated heterocycles. The van der Waals surface area contributed by atoms with Crippen LogP contribution in [0.3, 0.4) is 0 Å². The summed E-state index contributed by atoms with van der Waals surface area (Å²) < 4.78 is 0. The second-order valence-electron chi connectivity index (χ2n) is 32.1. The van der Waals surface area contributed by atoms with Crippen LogP contribution in [0.25, 0.3) is 121 Å². The molecule has 0 unspecified atom stereocenters. The molecule has 592 valence electrons. The molecule has 12 heteroatoms. The summed E-state index contributed by atoms with van der Waals surface area (Å²) in [5, 5.41) is 6.61. The third-order valence-electron chi connectivity index (χ3n) is 24.6. The van der Waals surface area contributed by atoms with Gasteiger partial charge >= 0.3 is 0 Å². The van der Waals surface area contributed by atoms with Gasteiger partial charge < -0.3 is 0 Å². The topological polar surface area (TPSA) is 150 Å². The highest BCUT2D eigenvalue weighted by Gasteiger charge is 2.38. The van der Waals surface area contributed by atoms with Crippen LogP contribution in [-0.2, 0) is 0 Å². The first kappa shape index (κ1) is 79.3. The van der Waals surface area contributed by atoms with E-state index in [1.165, 1.54) is 45.3 Å². The summed E-state index contributed by atoms with van der Waals surface area (Å²) in [5.74, 6) is -1.61. The summed E-state index contributed by atoms with van der Waals surface area (Å²) in [6.07, 6.45) is 21.1. The zero-order valence-corrected chi connectivity index (χ0v) is 68.1. The first-order valence-electron chi connectivity index (χ1n) is 43.0. The first-order valence-corrected chi connectivity index (χ1v) is 43.0. The predicted octanol–water partition coefficient (Wildman–Crippen LogP) is 25.9. The molecule has 0 radical (unpaired) electrons. The van der Waals surface area contributed by atoms with Crippen LogP contribution >= 0.6 is 0 Å². The summed E-state index contributed by atoms with van der Waals surface area (Å²) in [6, 6.07) is 81.0. The van der Waals surface area contributed by atoms with Gasteiger partial charge in [0.2, 0.25) is 0 Å². The second-order valence-corrected chi connectivity index (χ2v) is 32.1. The Labute approximate surface area is 691 Å². The van der Waals surface area contributed by atoms with Crippen molar-refractivity contribution in [3.63, 3.8) is 0 Å². The van der Waals surface area contributed by atoms with E-state index in [9.17, 15) is 38.4 Å². The molecule has 0 saturated carbocycles. The Kier molecular flexibility index (Phi) is 23.9. The molecular weight excluding hydrogens is 1460 g/mol. The minimum Gasteiger partial charge on any atom is -0.274 e. The first-order chi connectivity index (χ1) is 57.8. The van der Waals surface area contributed by atoms with Crippen LogP contribution in [0.5, 0.6) is 0 Å². The van der Waals surface area contributed by atoms with E-state index in [-0.39, 0.29) is 47.3 Å². The molecule has 12 nitrogen and oxygen atoms in total. The Bertz CT molecular complexity index is 5600. The average Bonchev–Trinajstić information content (AvgIpc) is 0.752. The van der Waals surface area contributed by atoms with Crippen molar-refractivity contribution in [3.8, 4) is 77.9 Å². The molecule has 118 heavy (non-hydrogen) atoms. The summed E-state index contributed by atoms with van der Waals surface area (Å²) in [5.41, 5.74) is 19.3. The van der Waals surface area contributed by atoms with Crippen molar-refractivity contribution in [2.75, 3.05) is 26.2 Å². The fraction of sp³-hybridized carbons (Fsp3) is 0.264. The van der Waals surface area contributed by atoms with Gasteiger partial charge in [-0.1, -0.05) is 325 Å². The van der Waals surface area contributed by atoms with Gasteiger partial charge in [0, 0.05) is 92.2 Å². The highest BCUT2D eigenvalue weighted by atomic mass is 16.2. The van der Waals surface area contributed by atoms with Crippen molar-refractivity contribution < 1.29 is 38.4 Å². The minimum atomic E-state index is -0.204. The Balaban J connectivity index is 0.000000177. The smallest absolute Gasteiger partial charge is 0.261 e. The number of unbranched alkanes of at least 4 members (excludes halogenated alkanes) is 16. The van der Waals surface area contributed by atoms with E-state index in [4.69, 9.17) is 0 Å². The third kappa shape index (κ3) is 15.4. The zero-order valence-electron chi connectivity index (χ0n) is 68.1. The lowest BCUT2D eigenvalue weighted by molar-refractivity contribution is 0.0592. The Morgan fingerprint density at radius 3 is 0.492 bits per heavy atom. The van der Waals surface area contributed by atoms with E-state index in [0.717, 1.165) is 224 Å². The monoisotopic (exact) mass is 1560 g/mol. The molecule has 0 fully saturated rings. The number of nitrogens with zero attached hydrogens (tertiary/aromatic N) is 4. The van der Waals surface area contributed by atoms with Gasteiger partial charge in [0.05, 0.1) is 0 Å². The minimum absolute atomic E-state index is 0.198. The summed E-state index contributed by atoms with van der Waals surface area (Å²) in [6.45, 7) is 10.5. The molecular formula is C106H100N4O8. The average molecular weight is 1560 g/mol. The maximum atomic E-state index is 13.6. The normalized spacial score (nSPS) is 13.6. The molecule has 4 aliphatic rings. The number of hydrogen-bond donors (Lipinski definition) is 0. The molecule has 0 N–H and O–H groups in total. The highest BCUT2D eigenvalue weighted by molar-refractivity contribution is 6.30. The molecule has 17 rings (SSSR count). The number of carbonyl (C=O) groups is 8. The second kappa shape index (κ2) is 35.5. The number of carbonyl (C=O) groups excluding carboxylic acids is 8. The number of amides is 8. The van der Waals surface area contributed by atoms with Crippen molar-refractivity contribution >= 4 is 90.3 Å². The lowest BCUT2D eigenvalue weighted by Gasteiger charge is -2.28. The van der Waals surface area contributed by atoms with E-state index in [0.29, 0.717) is 70.7 Å². The van der Waals surface area contributed by atoms with Crippen molar-refractivity contribution in [2.45, 2.75) is 156 Å². The molecule has 0 aliphatic carbocycles. The summed E-state index contributed by atoms with van der Waals surface area (Å²) >= 11 is 0. The van der Waals surface area contributed by atoms with Gasteiger partial charge in [0.25, 0.3) is 47.3 Å². The third-order valence-corrected chi connectivity index (χ3v) is 24.6. The molecule has 8 amide bonds. The number of rotatable bonds is 31. The van der Waals surface area contributed by atoms with Gasteiger partial charge in [0.1, 0.15) is 0 Å².